The first-order valence-electron chi connectivity index (χ1n) is 7.73. The van der Waals surface area contributed by atoms with Crippen LogP contribution in [0.25, 0.3) is 0 Å². The van der Waals surface area contributed by atoms with Crippen LogP contribution in [-0.2, 0) is 11.3 Å². The number of aromatic nitrogens is 2. The van der Waals surface area contributed by atoms with Crippen molar-refractivity contribution in [2.45, 2.75) is 20.4 Å². The van der Waals surface area contributed by atoms with Crippen LogP contribution < -0.4 is 10.6 Å². The minimum Gasteiger partial charge on any atom is -0.383 e. The zero-order valence-electron chi connectivity index (χ0n) is 14.3. The van der Waals surface area contributed by atoms with Crippen molar-refractivity contribution in [3.63, 3.8) is 0 Å². The molecule has 0 saturated heterocycles. The Bertz CT molecular complexity index is 830. The maximum Gasteiger partial charge on any atom is 0.312 e. The van der Waals surface area contributed by atoms with Crippen LogP contribution in [0.1, 0.15) is 11.4 Å². The Labute approximate surface area is 148 Å². The number of nitrogens with zero attached hydrogens (tertiary/aromatic N) is 4. The van der Waals surface area contributed by atoms with Gasteiger partial charge in [-0.25, -0.2) is 0 Å². The number of nitrogens with one attached hydrogen (secondary N) is 2. The summed E-state index contributed by atoms with van der Waals surface area (Å²) in [4.78, 5) is 32.5. The molecule has 1 heterocycles. The summed E-state index contributed by atoms with van der Waals surface area (Å²) >= 11 is 0. The van der Waals surface area contributed by atoms with E-state index in [2.05, 4.69) is 15.7 Å². The normalized spacial score (nSPS) is 10.4. The molecule has 0 unspecified atom stereocenters. The van der Waals surface area contributed by atoms with Gasteiger partial charge in [0.2, 0.25) is 5.91 Å². The van der Waals surface area contributed by atoms with Gasteiger partial charge in [-0.2, -0.15) is 5.10 Å². The lowest BCUT2D eigenvalue weighted by molar-refractivity contribution is -0.386. The molecule has 2 N–H and O–H groups in total. The molecule has 138 valence electrons. The van der Waals surface area contributed by atoms with Crippen molar-refractivity contribution in [1.82, 2.24) is 15.1 Å². The second-order valence-corrected chi connectivity index (χ2v) is 5.51. The summed E-state index contributed by atoms with van der Waals surface area (Å²) in [6.45, 7) is 3.69. The van der Waals surface area contributed by atoms with E-state index in [0.717, 1.165) is 0 Å². The number of anilines is 1. The zero-order chi connectivity index (χ0) is 19.3. The van der Waals surface area contributed by atoms with E-state index in [4.69, 9.17) is 0 Å². The number of benzene rings is 1. The molecule has 11 heteroatoms. The first kappa shape index (κ1) is 18.8. The number of amides is 1. The molecule has 0 saturated carbocycles. The maximum atomic E-state index is 11.9. The van der Waals surface area contributed by atoms with Gasteiger partial charge in [0.25, 0.3) is 5.69 Å². The largest absolute Gasteiger partial charge is 0.383 e. The number of aryl methyl sites for hydroxylation is 1. The standard InChI is InChI=1S/C15H18N6O5/c1-10-15(21(25)26)11(2)19(18-10)9-14(22)17-8-7-16-12-3-5-13(6-4-12)20(23)24/h3-6,16H,7-9H2,1-2H3,(H,17,22). The molecule has 1 amide bonds. The Balaban J connectivity index is 1.80. The molecular formula is C15H18N6O5. The molecule has 2 rings (SSSR count). The van der Waals surface area contributed by atoms with Gasteiger partial charge in [-0.1, -0.05) is 0 Å². The second kappa shape index (κ2) is 8.05. The third kappa shape index (κ3) is 4.53. The Kier molecular flexibility index (Phi) is 5.83. The molecular weight excluding hydrogens is 344 g/mol. The third-order valence-electron chi connectivity index (χ3n) is 3.67. The highest BCUT2D eigenvalue weighted by atomic mass is 16.6. The van der Waals surface area contributed by atoms with Crippen LogP contribution >= 0.6 is 0 Å². The molecule has 0 atom stereocenters. The van der Waals surface area contributed by atoms with Crippen LogP contribution in [0.15, 0.2) is 24.3 Å². The third-order valence-corrected chi connectivity index (χ3v) is 3.67. The number of hydrogen-bond donors (Lipinski definition) is 2. The summed E-state index contributed by atoms with van der Waals surface area (Å²) in [7, 11) is 0. The molecule has 0 aliphatic heterocycles. The number of nitro benzene ring substituents is 1. The molecule has 0 aliphatic rings. The van der Waals surface area contributed by atoms with Crippen LogP contribution in [0.3, 0.4) is 0 Å². The topological polar surface area (TPSA) is 145 Å². The fourth-order valence-electron chi connectivity index (χ4n) is 2.41. The predicted octanol–water partition coefficient (Wildman–Crippen LogP) is 1.54. The van der Waals surface area contributed by atoms with E-state index in [9.17, 15) is 25.0 Å². The summed E-state index contributed by atoms with van der Waals surface area (Å²) in [5.74, 6) is -0.323. The van der Waals surface area contributed by atoms with Crippen molar-refractivity contribution in [1.29, 1.82) is 0 Å². The van der Waals surface area contributed by atoms with Gasteiger partial charge in [0, 0.05) is 30.9 Å². The Hall–Kier alpha value is -3.50. The molecule has 11 nitrogen and oxygen atoms in total. The van der Waals surface area contributed by atoms with Gasteiger partial charge >= 0.3 is 5.69 Å². The molecule has 2 aromatic rings. The highest BCUT2D eigenvalue weighted by Gasteiger charge is 2.22. The zero-order valence-corrected chi connectivity index (χ0v) is 14.3. The van der Waals surface area contributed by atoms with E-state index in [1.807, 2.05) is 0 Å². The number of hydrogen-bond acceptors (Lipinski definition) is 7. The Morgan fingerprint density at radius 1 is 1.12 bits per heavy atom. The van der Waals surface area contributed by atoms with Crippen molar-refractivity contribution < 1.29 is 14.6 Å². The van der Waals surface area contributed by atoms with Crippen LogP contribution in [-0.4, -0.2) is 38.6 Å². The number of nitro groups is 2. The lowest BCUT2D eigenvalue weighted by atomic mass is 10.3. The molecule has 0 fully saturated rings. The molecule has 0 aliphatic carbocycles. The van der Waals surface area contributed by atoms with Crippen LogP contribution in [0.5, 0.6) is 0 Å². The summed E-state index contributed by atoms with van der Waals surface area (Å²) in [6.07, 6.45) is 0. The minimum absolute atomic E-state index is 0.00262. The van der Waals surface area contributed by atoms with Crippen LogP contribution in [0.2, 0.25) is 0 Å². The van der Waals surface area contributed by atoms with Crippen molar-refractivity contribution >= 4 is 23.0 Å². The van der Waals surface area contributed by atoms with Gasteiger partial charge < -0.3 is 10.6 Å². The number of non-ortho nitro benzene ring substituents is 1. The van der Waals surface area contributed by atoms with E-state index in [0.29, 0.717) is 24.5 Å². The molecule has 26 heavy (non-hydrogen) atoms. The molecule has 1 aromatic heterocycles. The predicted molar refractivity (Wildman–Crippen MR) is 93.0 cm³/mol. The average molecular weight is 362 g/mol. The molecule has 0 bridgehead atoms. The quantitative estimate of drug-likeness (QED) is 0.411. The fourth-order valence-corrected chi connectivity index (χ4v) is 2.41. The van der Waals surface area contributed by atoms with Crippen LogP contribution in [0, 0.1) is 34.1 Å². The highest BCUT2D eigenvalue weighted by molar-refractivity contribution is 5.75. The number of carbonyl (C=O) groups is 1. The van der Waals surface area contributed by atoms with E-state index in [-0.39, 0.29) is 29.5 Å². The average Bonchev–Trinajstić information content (AvgIpc) is 2.85. The van der Waals surface area contributed by atoms with Gasteiger partial charge in [-0.05, 0) is 26.0 Å². The smallest absolute Gasteiger partial charge is 0.312 e. The highest BCUT2D eigenvalue weighted by Crippen LogP contribution is 2.21. The van der Waals surface area contributed by atoms with Crippen molar-refractivity contribution in [2.75, 3.05) is 18.4 Å². The second-order valence-electron chi connectivity index (χ2n) is 5.51. The van der Waals surface area contributed by atoms with Crippen molar-refractivity contribution in [3.05, 3.63) is 55.9 Å². The van der Waals surface area contributed by atoms with Crippen LogP contribution in [0.4, 0.5) is 17.1 Å². The monoisotopic (exact) mass is 362 g/mol. The van der Waals surface area contributed by atoms with E-state index in [1.165, 1.54) is 23.7 Å². The molecule has 0 spiro atoms. The van der Waals surface area contributed by atoms with Crippen molar-refractivity contribution in [2.24, 2.45) is 0 Å². The number of carbonyl (C=O) groups excluding carboxylic acids is 1. The number of rotatable bonds is 8. The maximum absolute atomic E-state index is 11.9. The summed E-state index contributed by atoms with van der Waals surface area (Å²) < 4.78 is 1.30. The van der Waals surface area contributed by atoms with E-state index >= 15 is 0 Å². The molecule has 0 radical (unpaired) electrons. The summed E-state index contributed by atoms with van der Waals surface area (Å²) in [5, 5.41) is 31.2. The van der Waals surface area contributed by atoms with Crippen molar-refractivity contribution in [3.8, 4) is 0 Å². The molecule has 1 aromatic carbocycles. The Morgan fingerprint density at radius 2 is 1.77 bits per heavy atom. The van der Waals surface area contributed by atoms with E-state index in [1.54, 1.807) is 19.1 Å². The summed E-state index contributed by atoms with van der Waals surface area (Å²) in [6, 6.07) is 5.93. The summed E-state index contributed by atoms with van der Waals surface area (Å²) in [5.41, 5.74) is 1.20. The lowest BCUT2D eigenvalue weighted by Gasteiger charge is -2.08. The van der Waals surface area contributed by atoms with Gasteiger partial charge in [0.15, 0.2) is 0 Å². The first-order chi connectivity index (χ1) is 12.3. The lowest BCUT2D eigenvalue weighted by Crippen LogP contribution is -2.32. The van der Waals surface area contributed by atoms with Gasteiger partial charge in [-0.15, -0.1) is 0 Å². The van der Waals surface area contributed by atoms with E-state index < -0.39 is 9.85 Å². The Morgan fingerprint density at radius 3 is 2.31 bits per heavy atom. The van der Waals surface area contributed by atoms with Gasteiger partial charge in [0.05, 0.1) is 9.85 Å². The minimum atomic E-state index is -0.514. The first-order valence-corrected chi connectivity index (χ1v) is 7.73. The van der Waals surface area contributed by atoms with Gasteiger partial charge in [0.1, 0.15) is 17.9 Å². The van der Waals surface area contributed by atoms with Gasteiger partial charge in [-0.3, -0.25) is 29.7 Å². The SMILES string of the molecule is Cc1nn(CC(=O)NCCNc2ccc([N+](=O)[O-])cc2)c(C)c1[N+](=O)[O-]. The fraction of sp³-hybridized carbons (Fsp3) is 0.333.